The van der Waals surface area contributed by atoms with E-state index in [1.165, 1.54) is 0 Å². The molecule has 8 heteroatoms. The van der Waals surface area contributed by atoms with Crippen LogP contribution < -0.4 is 11.1 Å². The number of fused-ring (bicyclic) bond motifs is 3. The molecule has 4 rings (SSSR count). The number of hydrogen-bond donors (Lipinski definition) is 3. The first kappa shape index (κ1) is 17.2. The van der Waals surface area contributed by atoms with Crippen molar-refractivity contribution in [2.24, 2.45) is 5.73 Å². The second-order valence-electron chi connectivity index (χ2n) is 6.33. The van der Waals surface area contributed by atoms with Crippen LogP contribution in [0.25, 0.3) is 21.8 Å². The lowest BCUT2D eigenvalue weighted by atomic mass is 10.1. The second-order valence-corrected chi connectivity index (χ2v) is 6.76. The number of carbonyl (C=O) groups is 1. The van der Waals surface area contributed by atoms with E-state index in [4.69, 9.17) is 22.1 Å². The number of aromatic amines is 1. The summed E-state index contributed by atoms with van der Waals surface area (Å²) in [5, 5.41) is 5.53. The zero-order valence-corrected chi connectivity index (χ0v) is 14.9. The number of nitrogens with zero attached hydrogens (tertiary/aromatic N) is 2. The van der Waals surface area contributed by atoms with Crippen LogP contribution in [0.1, 0.15) is 0 Å². The van der Waals surface area contributed by atoms with E-state index in [0.29, 0.717) is 43.6 Å². The van der Waals surface area contributed by atoms with Gasteiger partial charge in [0.05, 0.1) is 36.1 Å². The van der Waals surface area contributed by atoms with Crippen LogP contribution in [-0.2, 0) is 9.53 Å². The Bertz CT molecular complexity index is 955. The van der Waals surface area contributed by atoms with Gasteiger partial charge in [0.25, 0.3) is 0 Å². The van der Waals surface area contributed by atoms with Crippen LogP contribution in [0.4, 0.5) is 5.69 Å². The quantitative estimate of drug-likeness (QED) is 0.649. The molecule has 0 saturated carbocycles. The Morgan fingerprint density at radius 1 is 1.46 bits per heavy atom. The van der Waals surface area contributed by atoms with Gasteiger partial charge in [-0.25, -0.2) is 0 Å². The fourth-order valence-corrected chi connectivity index (χ4v) is 3.66. The largest absolute Gasteiger partial charge is 0.378 e. The molecule has 0 spiro atoms. The standard InChI is InChI=1S/C18H20ClN5O2/c19-11-7-13-12-1-3-21-9-15(12)22-17(13)14(8-11)23-18(25)16-10-26-6-5-24(16)4-2-20/h1,3,7-9,16,22H,2,4-6,10,20H2,(H,23,25)/t16-/m1/s1. The van der Waals surface area contributed by atoms with Crippen LogP contribution in [0.5, 0.6) is 0 Å². The lowest BCUT2D eigenvalue weighted by molar-refractivity contribution is -0.127. The minimum Gasteiger partial charge on any atom is -0.378 e. The molecule has 1 aliphatic rings. The summed E-state index contributed by atoms with van der Waals surface area (Å²) in [5.41, 5.74) is 8.04. The summed E-state index contributed by atoms with van der Waals surface area (Å²) in [7, 11) is 0. The van der Waals surface area contributed by atoms with Gasteiger partial charge < -0.3 is 20.8 Å². The van der Waals surface area contributed by atoms with Gasteiger partial charge in [0.1, 0.15) is 6.04 Å². The summed E-state index contributed by atoms with van der Waals surface area (Å²) >= 11 is 6.30. The van der Waals surface area contributed by atoms with E-state index in [2.05, 4.69) is 20.2 Å². The maximum atomic E-state index is 12.9. The van der Waals surface area contributed by atoms with Crippen molar-refractivity contribution in [3.05, 3.63) is 35.6 Å². The lowest BCUT2D eigenvalue weighted by Crippen LogP contribution is -2.53. The molecule has 0 unspecified atom stereocenters. The van der Waals surface area contributed by atoms with E-state index < -0.39 is 0 Å². The number of morpholine rings is 1. The Morgan fingerprint density at radius 2 is 2.35 bits per heavy atom. The lowest BCUT2D eigenvalue weighted by Gasteiger charge is -2.34. The highest BCUT2D eigenvalue weighted by Crippen LogP contribution is 2.33. The predicted octanol–water partition coefficient (Wildman–Crippen LogP) is 1.97. The van der Waals surface area contributed by atoms with Crippen LogP contribution in [0.3, 0.4) is 0 Å². The molecule has 136 valence electrons. The number of halogens is 1. The van der Waals surface area contributed by atoms with Crippen LogP contribution in [-0.4, -0.2) is 59.7 Å². The number of aromatic nitrogens is 2. The highest BCUT2D eigenvalue weighted by Gasteiger charge is 2.29. The fourth-order valence-electron chi connectivity index (χ4n) is 3.45. The zero-order chi connectivity index (χ0) is 18.1. The van der Waals surface area contributed by atoms with Gasteiger partial charge in [-0.1, -0.05) is 11.6 Å². The zero-order valence-electron chi connectivity index (χ0n) is 14.2. The van der Waals surface area contributed by atoms with Crippen molar-refractivity contribution in [3.63, 3.8) is 0 Å². The number of pyridine rings is 1. The molecule has 0 bridgehead atoms. The maximum absolute atomic E-state index is 12.9. The molecule has 1 saturated heterocycles. The predicted molar refractivity (Wildman–Crippen MR) is 102 cm³/mol. The number of anilines is 1. The van der Waals surface area contributed by atoms with E-state index in [1.807, 2.05) is 12.1 Å². The molecular weight excluding hydrogens is 354 g/mol. The molecule has 1 atom stereocenters. The number of amides is 1. The molecule has 1 aliphatic heterocycles. The minimum atomic E-state index is -0.368. The molecule has 4 N–H and O–H groups in total. The second kappa shape index (κ2) is 7.20. The fraction of sp³-hybridized carbons (Fsp3) is 0.333. The van der Waals surface area contributed by atoms with Gasteiger partial charge in [0, 0.05) is 41.6 Å². The third-order valence-electron chi connectivity index (χ3n) is 4.69. The van der Waals surface area contributed by atoms with Gasteiger partial charge in [-0.3, -0.25) is 14.7 Å². The highest BCUT2D eigenvalue weighted by molar-refractivity contribution is 6.32. The smallest absolute Gasteiger partial charge is 0.244 e. The summed E-state index contributed by atoms with van der Waals surface area (Å²) in [6, 6.07) is 5.19. The van der Waals surface area contributed by atoms with E-state index in [1.54, 1.807) is 18.5 Å². The molecule has 26 heavy (non-hydrogen) atoms. The van der Waals surface area contributed by atoms with Crippen molar-refractivity contribution in [1.82, 2.24) is 14.9 Å². The first-order valence-corrected chi connectivity index (χ1v) is 8.93. The summed E-state index contributed by atoms with van der Waals surface area (Å²) in [4.78, 5) is 22.4. The van der Waals surface area contributed by atoms with E-state index >= 15 is 0 Å². The summed E-state index contributed by atoms with van der Waals surface area (Å²) in [6.07, 6.45) is 3.49. The molecule has 3 heterocycles. The molecule has 1 fully saturated rings. The summed E-state index contributed by atoms with van der Waals surface area (Å²) in [5.74, 6) is -0.126. The number of ether oxygens (including phenoxy) is 1. The summed E-state index contributed by atoms with van der Waals surface area (Å²) < 4.78 is 5.49. The van der Waals surface area contributed by atoms with Gasteiger partial charge in [0.15, 0.2) is 0 Å². The van der Waals surface area contributed by atoms with E-state index in [9.17, 15) is 4.79 Å². The van der Waals surface area contributed by atoms with Gasteiger partial charge in [0.2, 0.25) is 5.91 Å². The van der Waals surface area contributed by atoms with E-state index in [-0.39, 0.29) is 11.9 Å². The number of benzene rings is 1. The highest BCUT2D eigenvalue weighted by atomic mass is 35.5. The third kappa shape index (κ3) is 3.14. The van der Waals surface area contributed by atoms with Crippen LogP contribution in [0.15, 0.2) is 30.6 Å². The van der Waals surface area contributed by atoms with Crippen molar-refractivity contribution >= 4 is 45.0 Å². The van der Waals surface area contributed by atoms with Gasteiger partial charge in [-0.2, -0.15) is 0 Å². The molecule has 1 amide bonds. The third-order valence-corrected chi connectivity index (χ3v) is 4.91. The molecule has 0 radical (unpaired) electrons. The van der Waals surface area contributed by atoms with Crippen LogP contribution >= 0.6 is 11.6 Å². The van der Waals surface area contributed by atoms with Crippen LogP contribution in [0, 0.1) is 0 Å². The van der Waals surface area contributed by atoms with Crippen molar-refractivity contribution in [1.29, 1.82) is 0 Å². The Kier molecular flexibility index (Phi) is 4.78. The first-order valence-electron chi connectivity index (χ1n) is 8.55. The minimum absolute atomic E-state index is 0.126. The number of carbonyl (C=O) groups excluding carboxylic acids is 1. The van der Waals surface area contributed by atoms with Crippen molar-refractivity contribution < 1.29 is 9.53 Å². The topological polar surface area (TPSA) is 96.3 Å². The molecule has 2 aromatic heterocycles. The van der Waals surface area contributed by atoms with Crippen molar-refractivity contribution in [3.8, 4) is 0 Å². The van der Waals surface area contributed by atoms with Gasteiger partial charge in [-0.15, -0.1) is 0 Å². The molecule has 1 aromatic carbocycles. The molecular formula is C18H20ClN5O2. The number of hydrogen-bond acceptors (Lipinski definition) is 5. The Balaban J connectivity index is 1.69. The van der Waals surface area contributed by atoms with Gasteiger partial charge >= 0.3 is 0 Å². The Labute approximate surface area is 155 Å². The Morgan fingerprint density at radius 3 is 3.19 bits per heavy atom. The van der Waals surface area contributed by atoms with Gasteiger partial charge in [-0.05, 0) is 18.2 Å². The molecule has 3 aromatic rings. The Hall–Kier alpha value is -2.19. The van der Waals surface area contributed by atoms with E-state index in [0.717, 1.165) is 21.8 Å². The average molecular weight is 374 g/mol. The average Bonchev–Trinajstić information content (AvgIpc) is 3.01. The maximum Gasteiger partial charge on any atom is 0.244 e. The SMILES string of the molecule is NCCN1CCOC[C@@H]1C(=O)Nc1cc(Cl)cc2c1[nH]c1cnccc12. The van der Waals surface area contributed by atoms with Crippen LogP contribution in [0.2, 0.25) is 5.02 Å². The molecule has 7 nitrogen and oxygen atoms in total. The van der Waals surface area contributed by atoms with Crippen molar-refractivity contribution in [2.45, 2.75) is 6.04 Å². The summed E-state index contributed by atoms with van der Waals surface area (Å²) in [6.45, 7) is 2.81. The molecule has 0 aliphatic carbocycles. The monoisotopic (exact) mass is 373 g/mol. The number of nitrogens with one attached hydrogen (secondary N) is 2. The normalized spacial score (nSPS) is 18.5. The van der Waals surface area contributed by atoms with Crippen molar-refractivity contribution in [2.75, 3.05) is 38.2 Å². The number of H-pyrrole nitrogens is 1. The number of nitrogens with two attached hydrogens (primary N) is 1. The first-order chi connectivity index (χ1) is 12.7. The number of rotatable bonds is 4.